The summed E-state index contributed by atoms with van der Waals surface area (Å²) in [6, 6.07) is 0.0972. The van der Waals surface area contributed by atoms with E-state index in [1.54, 1.807) is 6.08 Å². The van der Waals surface area contributed by atoms with Gasteiger partial charge >= 0.3 is 5.97 Å². The minimum atomic E-state index is -1.01. The highest BCUT2D eigenvalue weighted by Crippen LogP contribution is 2.05. The van der Waals surface area contributed by atoms with Crippen molar-refractivity contribution < 1.29 is 9.90 Å². The molecule has 0 saturated heterocycles. The average molecular weight is 139 g/mol. The van der Waals surface area contributed by atoms with Gasteiger partial charge in [-0.15, -0.1) is 0 Å². The first kappa shape index (κ1) is 6.67. The van der Waals surface area contributed by atoms with E-state index in [9.17, 15) is 4.79 Å². The number of hydrogen-bond donors (Lipinski definition) is 3. The van der Waals surface area contributed by atoms with Crippen LogP contribution in [-0.2, 0) is 4.79 Å². The van der Waals surface area contributed by atoms with Gasteiger partial charge in [0, 0.05) is 5.70 Å². The number of allylic oxidation sites excluding steroid dienone is 1. The van der Waals surface area contributed by atoms with E-state index in [2.05, 4.69) is 5.32 Å². The maximum atomic E-state index is 10.3. The molecule has 10 heavy (non-hydrogen) atoms. The summed E-state index contributed by atoms with van der Waals surface area (Å²) in [4.78, 5) is 10.3. The maximum absolute atomic E-state index is 10.3. The number of carbonyl (C=O) groups is 1. The molecule has 0 aromatic carbocycles. The van der Waals surface area contributed by atoms with Gasteiger partial charge in [0.05, 0.1) is 0 Å². The number of nitrogens with one attached hydrogen (secondary N) is 1. The van der Waals surface area contributed by atoms with Crippen molar-refractivity contribution in [3.05, 3.63) is 30.1 Å². The van der Waals surface area contributed by atoms with Crippen LogP contribution in [0.3, 0.4) is 0 Å². The Morgan fingerprint density at radius 1 is 1.70 bits per heavy atom. The van der Waals surface area contributed by atoms with Crippen molar-refractivity contribution in [2.24, 2.45) is 5.73 Å². The summed E-state index contributed by atoms with van der Waals surface area (Å²) >= 11 is 0. The van der Waals surface area contributed by atoms with Gasteiger partial charge in [-0.2, -0.15) is 0 Å². The number of hydrogen-bond acceptors (Lipinski definition) is 3. The van der Waals surface area contributed by atoms with Crippen molar-refractivity contribution in [1.29, 1.82) is 0 Å². The topological polar surface area (TPSA) is 75.4 Å². The molecular formula is C6H7N2O2. The van der Waals surface area contributed by atoms with Crippen LogP contribution in [0.25, 0.3) is 0 Å². The SMILES string of the molecule is NC1=C[C](C(=O)O)NC=C1. The minimum Gasteiger partial charge on any atom is -0.479 e. The zero-order valence-corrected chi connectivity index (χ0v) is 5.16. The van der Waals surface area contributed by atoms with Crippen LogP contribution < -0.4 is 11.1 Å². The van der Waals surface area contributed by atoms with Crippen LogP contribution in [0.15, 0.2) is 24.0 Å². The predicted octanol–water partition coefficient (Wildman–Crippen LogP) is -0.438. The first-order valence-corrected chi connectivity index (χ1v) is 2.70. The largest absolute Gasteiger partial charge is 0.479 e. The van der Waals surface area contributed by atoms with Crippen molar-refractivity contribution in [2.75, 3.05) is 0 Å². The van der Waals surface area contributed by atoms with Crippen molar-refractivity contribution in [3.63, 3.8) is 0 Å². The van der Waals surface area contributed by atoms with E-state index in [1.807, 2.05) is 0 Å². The molecule has 1 rings (SSSR count). The highest BCUT2D eigenvalue weighted by Gasteiger charge is 2.15. The number of dihydropyridines is 1. The van der Waals surface area contributed by atoms with E-state index >= 15 is 0 Å². The van der Waals surface area contributed by atoms with Crippen molar-refractivity contribution >= 4 is 5.97 Å². The van der Waals surface area contributed by atoms with Gasteiger partial charge in [-0.25, -0.2) is 4.79 Å². The fourth-order valence-electron chi connectivity index (χ4n) is 0.608. The molecule has 0 saturated carbocycles. The van der Waals surface area contributed by atoms with E-state index in [1.165, 1.54) is 12.3 Å². The maximum Gasteiger partial charge on any atom is 0.337 e. The Balaban J connectivity index is 2.69. The van der Waals surface area contributed by atoms with Crippen molar-refractivity contribution in [1.82, 2.24) is 5.32 Å². The molecule has 0 bridgehead atoms. The van der Waals surface area contributed by atoms with Gasteiger partial charge in [0.15, 0.2) is 6.04 Å². The van der Waals surface area contributed by atoms with Crippen molar-refractivity contribution in [2.45, 2.75) is 0 Å². The zero-order chi connectivity index (χ0) is 7.56. The molecule has 1 radical (unpaired) electrons. The number of rotatable bonds is 1. The molecule has 4 heteroatoms. The van der Waals surface area contributed by atoms with Gasteiger partial charge in [0.25, 0.3) is 0 Å². The monoisotopic (exact) mass is 139 g/mol. The molecule has 0 amide bonds. The number of carboxylic acid groups (broad SMARTS) is 1. The third-order valence-electron chi connectivity index (χ3n) is 1.06. The van der Waals surface area contributed by atoms with Crippen LogP contribution in [0.4, 0.5) is 0 Å². The smallest absolute Gasteiger partial charge is 0.337 e. The molecule has 0 unspecified atom stereocenters. The zero-order valence-electron chi connectivity index (χ0n) is 5.16. The summed E-state index contributed by atoms with van der Waals surface area (Å²) in [5.41, 5.74) is 5.75. The summed E-state index contributed by atoms with van der Waals surface area (Å²) in [6.45, 7) is 0. The van der Waals surface area contributed by atoms with Crippen LogP contribution in [0, 0.1) is 6.04 Å². The van der Waals surface area contributed by atoms with E-state index in [0.717, 1.165) is 0 Å². The van der Waals surface area contributed by atoms with Crippen LogP contribution in [0.2, 0.25) is 0 Å². The molecule has 0 aromatic rings. The Kier molecular flexibility index (Phi) is 1.62. The van der Waals surface area contributed by atoms with Gasteiger partial charge in [0.1, 0.15) is 0 Å². The molecule has 1 aliphatic heterocycles. The fraction of sp³-hybridized carbons (Fsp3) is 0. The second-order valence-corrected chi connectivity index (χ2v) is 1.84. The van der Waals surface area contributed by atoms with Crippen molar-refractivity contribution in [3.8, 4) is 0 Å². The summed E-state index contributed by atoms with van der Waals surface area (Å²) in [5.74, 6) is -1.01. The van der Waals surface area contributed by atoms with Gasteiger partial charge in [-0.1, -0.05) is 0 Å². The average Bonchev–Trinajstić information content (AvgIpc) is 1.88. The van der Waals surface area contributed by atoms with Crippen LogP contribution >= 0.6 is 0 Å². The first-order chi connectivity index (χ1) is 4.70. The van der Waals surface area contributed by atoms with Gasteiger partial charge in [-0.05, 0) is 18.4 Å². The van der Waals surface area contributed by atoms with E-state index < -0.39 is 5.97 Å². The molecule has 53 valence electrons. The lowest BCUT2D eigenvalue weighted by molar-refractivity contribution is -0.134. The number of nitrogens with two attached hydrogens (primary N) is 1. The quantitative estimate of drug-likeness (QED) is 0.460. The first-order valence-electron chi connectivity index (χ1n) is 2.70. The Bertz CT molecular complexity index is 208. The molecule has 0 aromatic heterocycles. The van der Waals surface area contributed by atoms with E-state index in [0.29, 0.717) is 5.70 Å². The summed E-state index contributed by atoms with van der Waals surface area (Å²) < 4.78 is 0. The molecule has 1 aliphatic rings. The van der Waals surface area contributed by atoms with E-state index in [4.69, 9.17) is 10.8 Å². The Labute approximate surface area is 58.0 Å². The molecule has 0 atom stereocenters. The van der Waals surface area contributed by atoms with Crippen LogP contribution in [0.1, 0.15) is 0 Å². The Morgan fingerprint density at radius 3 is 2.80 bits per heavy atom. The number of aliphatic carboxylic acids is 1. The summed E-state index contributed by atoms with van der Waals surface area (Å²) in [6.07, 6.45) is 4.44. The molecule has 4 nitrogen and oxygen atoms in total. The lowest BCUT2D eigenvalue weighted by Crippen LogP contribution is -2.25. The van der Waals surface area contributed by atoms with Gasteiger partial charge in [0.2, 0.25) is 0 Å². The molecule has 1 heterocycles. The Morgan fingerprint density at radius 2 is 2.40 bits per heavy atom. The summed E-state index contributed by atoms with van der Waals surface area (Å²) in [7, 11) is 0. The minimum absolute atomic E-state index is 0.0972. The lowest BCUT2D eigenvalue weighted by Gasteiger charge is -2.10. The van der Waals surface area contributed by atoms with Gasteiger partial charge < -0.3 is 16.2 Å². The van der Waals surface area contributed by atoms with Crippen LogP contribution in [-0.4, -0.2) is 11.1 Å². The molecule has 0 fully saturated rings. The Hall–Kier alpha value is -1.45. The third kappa shape index (κ3) is 1.28. The second-order valence-electron chi connectivity index (χ2n) is 1.84. The molecular weight excluding hydrogens is 132 g/mol. The number of carboxylic acids is 1. The molecule has 4 N–H and O–H groups in total. The van der Waals surface area contributed by atoms with E-state index in [-0.39, 0.29) is 6.04 Å². The predicted molar refractivity (Wildman–Crippen MR) is 35.4 cm³/mol. The highest BCUT2D eigenvalue weighted by molar-refractivity contribution is 5.85. The van der Waals surface area contributed by atoms with Gasteiger partial charge in [-0.3, -0.25) is 0 Å². The molecule has 0 spiro atoms. The second kappa shape index (κ2) is 2.43. The molecule has 0 aliphatic carbocycles. The lowest BCUT2D eigenvalue weighted by atomic mass is 10.2. The third-order valence-corrected chi connectivity index (χ3v) is 1.06. The highest BCUT2D eigenvalue weighted by atomic mass is 16.4. The fourth-order valence-corrected chi connectivity index (χ4v) is 0.608. The van der Waals surface area contributed by atoms with Crippen LogP contribution in [0.5, 0.6) is 0 Å². The summed E-state index contributed by atoms with van der Waals surface area (Å²) in [5, 5.41) is 11.0. The normalized spacial score (nSPS) is 17.8. The standard InChI is InChI=1S/C6H7N2O2/c7-4-1-2-8-5(3-4)6(9)10/h1-3,8H,7H2,(H,9,10).